The number of oxazole rings is 1. The van der Waals surface area contributed by atoms with Gasteiger partial charge in [-0.05, 0) is 25.0 Å². The number of amides is 1. The fraction of sp³-hybridized carbons (Fsp3) is 0.444. The first-order chi connectivity index (χ1) is 12.1. The van der Waals surface area contributed by atoms with E-state index in [0.29, 0.717) is 31.9 Å². The van der Waals surface area contributed by atoms with Crippen LogP contribution in [0.25, 0.3) is 0 Å². The SMILES string of the molecule is O=C(c1cnco1)N1CCC[C@@]2(C[C@@H](Oc3cccc(F)c3)CO2)C1. The van der Waals surface area contributed by atoms with Crippen LogP contribution in [-0.4, -0.2) is 47.2 Å². The lowest BCUT2D eigenvalue weighted by atomic mass is 9.89. The third-order valence-electron chi connectivity index (χ3n) is 4.74. The number of halogens is 1. The minimum absolute atomic E-state index is 0.151. The van der Waals surface area contributed by atoms with Crippen molar-refractivity contribution in [2.45, 2.75) is 31.0 Å². The van der Waals surface area contributed by atoms with E-state index in [0.717, 1.165) is 12.8 Å². The molecule has 0 bridgehead atoms. The molecule has 3 heterocycles. The molecule has 0 N–H and O–H groups in total. The summed E-state index contributed by atoms with van der Waals surface area (Å²) in [5, 5.41) is 0. The van der Waals surface area contributed by atoms with E-state index in [1.165, 1.54) is 24.7 Å². The lowest BCUT2D eigenvalue weighted by molar-refractivity contribution is -0.0458. The zero-order chi connectivity index (χ0) is 17.3. The predicted molar refractivity (Wildman–Crippen MR) is 85.8 cm³/mol. The Bertz CT molecular complexity index is 751. The Labute approximate surface area is 144 Å². The van der Waals surface area contributed by atoms with Crippen molar-refractivity contribution >= 4 is 5.91 Å². The lowest BCUT2D eigenvalue weighted by Crippen LogP contribution is -2.50. The van der Waals surface area contributed by atoms with Crippen molar-refractivity contribution in [1.82, 2.24) is 9.88 Å². The largest absolute Gasteiger partial charge is 0.488 e. The van der Waals surface area contributed by atoms with Gasteiger partial charge in [0, 0.05) is 19.0 Å². The molecular formula is C18H19FN2O4. The highest BCUT2D eigenvalue weighted by Crippen LogP contribution is 2.36. The van der Waals surface area contributed by atoms with Gasteiger partial charge in [-0.1, -0.05) is 6.07 Å². The molecule has 4 rings (SSSR count). The van der Waals surface area contributed by atoms with Crippen LogP contribution in [0.15, 0.2) is 41.3 Å². The van der Waals surface area contributed by atoms with Gasteiger partial charge in [-0.2, -0.15) is 0 Å². The molecule has 0 saturated carbocycles. The molecule has 1 amide bonds. The van der Waals surface area contributed by atoms with Crippen LogP contribution in [0, 0.1) is 5.82 Å². The van der Waals surface area contributed by atoms with E-state index in [9.17, 15) is 9.18 Å². The normalized spacial score (nSPS) is 26.1. The van der Waals surface area contributed by atoms with E-state index < -0.39 is 5.60 Å². The summed E-state index contributed by atoms with van der Waals surface area (Å²) in [7, 11) is 0. The van der Waals surface area contributed by atoms with Gasteiger partial charge in [0.05, 0.1) is 24.9 Å². The number of benzene rings is 1. The number of piperidine rings is 1. The van der Waals surface area contributed by atoms with Crippen LogP contribution >= 0.6 is 0 Å². The van der Waals surface area contributed by atoms with Crippen LogP contribution in [0.3, 0.4) is 0 Å². The molecule has 1 aromatic heterocycles. The Hall–Kier alpha value is -2.41. The topological polar surface area (TPSA) is 64.8 Å². The second-order valence-corrected chi connectivity index (χ2v) is 6.59. The Morgan fingerprint density at radius 2 is 2.36 bits per heavy atom. The Morgan fingerprint density at radius 3 is 3.16 bits per heavy atom. The molecule has 2 aliphatic heterocycles. The summed E-state index contributed by atoms with van der Waals surface area (Å²) in [6.07, 6.45) is 4.92. The molecule has 6 nitrogen and oxygen atoms in total. The van der Waals surface area contributed by atoms with Crippen LogP contribution in [0.2, 0.25) is 0 Å². The molecule has 2 atom stereocenters. The highest BCUT2D eigenvalue weighted by Gasteiger charge is 2.45. The van der Waals surface area contributed by atoms with Crippen LogP contribution in [0.5, 0.6) is 5.75 Å². The highest BCUT2D eigenvalue weighted by molar-refractivity contribution is 5.91. The van der Waals surface area contributed by atoms with Gasteiger partial charge in [-0.25, -0.2) is 9.37 Å². The van der Waals surface area contributed by atoms with E-state index >= 15 is 0 Å². The summed E-state index contributed by atoms with van der Waals surface area (Å²) in [4.78, 5) is 18.0. The van der Waals surface area contributed by atoms with Crippen molar-refractivity contribution in [3.63, 3.8) is 0 Å². The quantitative estimate of drug-likeness (QED) is 0.855. The zero-order valence-corrected chi connectivity index (χ0v) is 13.7. The number of aromatic nitrogens is 1. The Morgan fingerprint density at radius 1 is 1.44 bits per heavy atom. The van der Waals surface area contributed by atoms with E-state index in [1.807, 2.05) is 0 Å². The molecular weight excluding hydrogens is 327 g/mol. The standard InChI is InChI=1S/C18H19FN2O4/c19-13-3-1-4-14(7-13)25-15-8-18(24-10-15)5-2-6-21(11-18)17(22)16-9-20-12-23-16/h1,3-4,7,9,12,15H,2,5-6,8,10-11H2/t15-,18-/m1/s1. The van der Waals surface area contributed by atoms with Gasteiger partial charge in [0.25, 0.3) is 5.91 Å². The number of rotatable bonds is 3. The number of likely N-dealkylation sites (tertiary alicyclic amines) is 1. The van der Waals surface area contributed by atoms with Gasteiger partial charge in [-0.3, -0.25) is 4.79 Å². The predicted octanol–water partition coefficient (Wildman–Crippen LogP) is 2.66. The minimum atomic E-state index is -0.411. The van der Waals surface area contributed by atoms with Crippen molar-refractivity contribution in [2.24, 2.45) is 0 Å². The van der Waals surface area contributed by atoms with Gasteiger partial charge in [0.1, 0.15) is 17.7 Å². The fourth-order valence-corrected chi connectivity index (χ4v) is 3.64. The number of carbonyl (C=O) groups is 1. The van der Waals surface area contributed by atoms with Crippen molar-refractivity contribution in [3.05, 3.63) is 48.4 Å². The summed E-state index contributed by atoms with van der Waals surface area (Å²) < 4.78 is 30.3. The molecule has 0 unspecified atom stereocenters. The molecule has 7 heteroatoms. The third-order valence-corrected chi connectivity index (χ3v) is 4.74. The maximum atomic E-state index is 13.3. The van der Waals surface area contributed by atoms with Crippen molar-refractivity contribution < 1.29 is 23.1 Å². The number of ether oxygens (including phenoxy) is 2. The smallest absolute Gasteiger partial charge is 0.291 e. The number of hydrogen-bond donors (Lipinski definition) is 0. The van der Waals surface area contributed by atoms with Crippen LogP contribution < -0.4 is 4.74 Å². The first-order valence-electron chi connectivity index (χ1n) is 8.38. The molecule has 2 fully saturated rings. The van der Waals surface area contributed by atoms with Gasteiger partial charge in [0.15, 0.2) is 6.39 Å². The van der Waals surface area contributed by atoms with E-state index in [2.05, 4.69) is 4.98 Å². The van der Waals surface area contributed by atoms with E-state index in [4.69, 9.17) is 13.9 Å². The molecule has 0 aliphatic carbocycles. The number of hydrogen-bond acceptors (Lipinski definition) is 5. The summed E-state index contributed by atoms with van der Waals surface area (Å²) >= 11 is 0. The van der Waals surface area contributed by atoms with Crippen LogP contribution in [-0.2, 0) is 4.74 Å². The Kier molecular flexibility index (Phi) is 4.17. The summed E-state index contributed by atoms with van der Waals surface area (Å²) in [5.41, 5.74) is -0.411. The summed E-state index contributed by atoms with van der Waals surface area (Å²) in [6, 6.07) is 6.10. The molecule has 0 radical (unpaired) electrons. The van der Waals surface area contributed by atoms with Crippen LogP contribution in [0.1, 0.15) is 29.8 Å². The first-order valence-corrected chi connectivity index (χ1v) is 8.38. The highest BCUT2D eigenvalue weighted by atomic mass is 19.1. The maximum absolute atomic E-state index is 13.3. The van der Waals surface area contributed by atoms with E-state index in [-0.39, 0.29) is 23.6 Å². The number of carbonyl (C=O) groups excluding carboxylic acids is 1. The van der Waals surface area contributed by atoms with Crippen LogP contribution in [0.4, 0.5) is 4.39 Å². The first kappa shape index (κ1) is 16.1. The molecule has 25 heavy (non-hydrogen) atoms. The molecule has 132 valence electrons. The van der Waals surface area contributed by atoms with Crippen molar-refractivity contribution in [1.29, 1.82) is 0 Å². The lowest BCUT2D eigenvalue weighted by Gasteiger charge is -2.39. The second-order valence-electron chi connectivity index (χ2n) is 6.59. The average Bonchev–Trinajstić information content (AvgIpc) is 3.25. The minimum Gasteiger partial charge on any atom is -0.488 e. The summed E-state index contributed by atoms with van der Waals surface area (Å²) in [5.74, 6) is 0.237. The average molecular weight is 346 g/mol. The van der Waals surface area contributed by atoms with Gasteiger partial charge in [-0.15, -0.1) is 0 Å². The monoisotopic (exact) mass is 346 g/mol. The van der Waals surface area contributed by atoms with Gasteiger partial charge < -0.3 is 18.8 Å². The molecule has 2 aliphatic rings. The maximum Gasteiger partial charge on any atom is 0.291 e. The second kappa shape index (κ2) is 6.48. The molecule has 2 aromatic rings. The zero-order valence-electron chi connectivity index (χ0n) is 13.7. The fourth-order valence-electron chi connectivity index (χ4n) is 3.64. The molecule has 1 spiro atoms. The Balaban J connectivity index is 1.41. The number of nitrogens with zero attached hydrogens (tertiary/aromatic N) is 2. The summed E-state index contributed by atoms with van der Waals surface area (Å²) in [6.45, 7) is 1.59. The van der Waals surface area contributed by atoms with E-state index in [1.54, 1.807) is 17.0 Å². The van der Waals surface area contributed by atoms with Crippen molar-refractivity contribution in [2.75, 3.05) is 19.7 Å². The van der Waals surface area contributed by atoms with Gasteiger partial charge >= 0.3 is 0 Å². The third kappa shape index (κ3) is 3.37. The van der Waals surface area contributed by atoms with Gasteiger partial charge in [0.2, 0.25) is 5.76 Å². The molecule has 1 aromatic carbocycles. The molecule has 2 saturated heterocycles. The van der Waals surface area contributed by atoms with Crippen molar-refractivity contribution in [3.8, 4) is 5.75 Å².